The van der Waals surface area contributed by atoms with E-state index in [0.717, 1.165) is 11.8 Å². The van der Waals surface area contributed by atoms with Crippen LogP contribution in [0, 0.1) is 17.3 Å². The lowest BCUT2D eigenvalue weighted by atomic mass is 9.57. The maximum atomic E-state index is 4.14. The summed E-state index contributed by atoms with van der Waals surface area (Å²) in [6.07, 6.45) is 9.30. The van der Waals surface area contributed by atoms with Gasteiger partial charge in [-0.05, 0) is 63.2 Å². The molecule has 84 valence electrons. The molecule has 1 saturated carbocycles. The van der Waals surface area contributed by atoms with Crippen LogP contribution in [0.5, 0.6) is 0 Å². The minimum absolute atomic E-state index is 0.602. The molecule has 0 heteroatoms. The van der Waals surface area contributed by atoms with E-state index < -0.39 is 0 Å². The average molecular weight is 204 g/mol. The van der Waals surface area contributed by atoms with Crippen LogP contribution in [0.3, 0.4) is 0 Å². The molecule has 0 aromatic carbocycles. The van der Waals surface area contributed by atoms with Gasteiger partial charge in [-0.15, -0.1) is 0 Å². The third-order valence-corrected chi connectivity index (χ3v) is 4.85. The normalized spacial score (nSPS) is 40.6. The van der Waals surface area contributed by atoms with Crippen molar-refractivity contribution >= 4 is 0 Å². The van der Waals surface area contributed by atoms with Crippen LogP contribution in [0.2, 0.25) is 0 Å². The Bertz CT molecular complexity index is 297. The van der Waals surface area contributed by atoms with Gasteiger partial charge in [0.05, 0.1) is 0 Å². The molecule has 0 nitrogen and oxygen atoms in total. The standard InChI is InChI=1S/C15H24/c1-11(2)13-7-9-15(4)8-5-6-12(3)14(15)10-13/h6,13-14H,1,5,7-10H2,2-4H3/t13?,14?,15-/m1/s1. The second-order valence-corrected chi connectivity index (χ2v) is 6.01. The highest BCUT2D eigenvalue weighted by Gasteiger charge is 2.41. The molecule has 0 heterocycles. The van der Waals surface area contributed by atoms with Crippen molar-refractivity contribution in [1.29, 1.82) is 0 Å². The van der Waals surface area contributed by atoms with Gasteiger partial charge >= 0.3 is 0 Å². The molecule has 0 amide bonds. The van der Waals surface area contributed by atoms with Gasteiger partial charge < -0.3 is 0 Å². The van der Waals surface area contributed by atoms with Crippen molar-refractivity contribution in [2.45, 2.75) is 52.9 Å². The summed E-state index contributed by atoms with van der Waals surface area (Å²) in [4.78, 5) is 0. The fourth-order valence-corrected chi connectivity index (χ4v) is 3.62. The lowest BCUT2D eigenvalue weighted by Gasteiger charge is -2.47. The monoisotopic (exact) mass is 204 g/mol. The van der Waals surface area contributed by atoms with Crippen LogP contribution in [-0.4, -0.2) is 0 Å². The summed E-state index contributed by atoms with van der Waals surface area (Å²) in [5.74, 6) is 1.62. The van der Waals surface area contributed by atoms with Gasteiger partial charge in [-0.25, -0.2) is 0 Å². The molecule has 0 bridgehead atoms. The minimum Gasteiger partial charge on any atom is -0.0999 e. The Kier molecular flexibility index (Phi) is 2.79. The zero-order chi connectivity index (χ0) is 11.1. The summed E-state index contributed by atoms with van der Waals surface area (Å²) >= 11 is 0. The van der Waals surface area contributed by atoms with Crippen molar-refractivity contribution in [2.24, 2.45) is 17.3 Å². The zero-order valence-corrected chi connectivity index (χ0v) is 10.5. The molecule has 1 fully saturated rings. The first-order chi connectivity index (χ1) is 7.03. The van der Waals surface area contributed by atoms with E-state index in [1.54, 1.807) is 5.57 Å². The summed E-state index contributed by atoms with van der Waals surface area (Å²) in [7, 11) is 0. The van der Waals surface area contributed by atoms with E-state index in [2.05, 4.69) is 33.4 Å². The van der Waals surface area contributed by atoms with Crippen molar-refractivity contribution in [1.82, 2.24) is 0 Å². The quantitative estimate of drug-likeness (QED) is 0.542. The molecule has 0 spiro atoms. The lowest BCUT2D eigenvalue weighted by molar-refractivity contribution is 0.0981. The summed E-state index contributed by atoms with van der Waals surface area (Å²) in [5.41, 5.74) is 3.65. The van der Waals surface area contributed by atoms with Gasteiger partial charge in [0.15, 0.2) is 0 Å². The zero-order valence-electron chi connectivity index (χ0n) is 10.5. The topological polar surface area (TPSA) is 0 Å². The number of hydrogen-bond acceptors (Lipinski definition) is 0. The molecule has 3 atom stereocenters. The average Bonchev–Trinajstić information content (AvgIpc) is 2.17. The van der Waals surface area contributed by atoms with Gasteiger partial charge in [0.2, 0.25) is 0 Å². The number of hydrogen-bond donors (Lipinski definition) is 0. The highest BCUT2D eigenvalue weighted by atomic mass is 14.5. The minimum atomic E-state index is 0.602. The second-order valence-electron chi connectivity index (χ2n) is 6.01. The Morgan fingerprint density at radius 3 is 2.87 bits per heavy atom. The molecule has 0 aliphatic heterocycles. The van der Waals surface area contributed by atoms with Crippen molar-refractivity contribution in [3.8, 4) is 0 Å². The fourth-order valence-electron chi connectivity index (χ4n) is 3.62. The van der Waals surface area contributed by atoms with Crippen LogP contribution in [0.4, 0.5) is 0 Å². The molecular formula is C15H24. The lowest BCUT2D eigenvalue weighted by Crippen LogP contribution is -2.37. The van der Waals surface area contributed by atoms with Gasteiger partial charge in [0, 0.05) is 0 Å². The summed E-state index contributed by atoms with van der Waals surface area (Å²) in [5, 5.41) is 0. The van der Waals surface area contributed by atoms with Crippen LogP contribution in [-0.2, 0) is 0 Å². The first-order valence-electron chi connectivity index (χ1n) is 6.35. The maximum absolute atomic E-state index is 4.14. The number of rotatable bonds is 1. The van der Waals surface area contributed by atoms with Crippen molar-refractivity contribution in [2.75, 3.05) is 0 Å². The molecule has 2 aliphatic rings. The molecule has 15 heavy (non-hydrogen) atoms. The third-order valence-electron chi connectivity index (χ3n) is 4.85. The molecule has 0 N–H and O–H groups in total. The van der Waals surface area contributed by atoms with Crippen LogP contribution < -0.4 is 0 Å². The third kappa shape index (κ3) is 1.91. The first kappa shape index (κ1) is 11.0. The molecule has 0 aromatic heterocycles. The number of fused-ring (bicyclic) bond motifs is 1. The second kappa shape index (κ2) is 3.81. The molecule has 2 unspecified atom stereocenters. The van der Waals surface area contributed by atoms with Crippen LogP contribution in [0.15, 0.2) is 23.8 Å². The summed E-state index contributed by atoms with van der Waals surface area (Å²) in [6.45, 7) is 11.2. The van der Waals surface area contributed by atoms with E-state index in [0.29, 0.717) is 5.41 Å². The molecule has 0 aromatic rings. The van der Waals surface area contributed by atoms with Gasteiger partial charge in [-0.3, -0.25) is 0 Å². The van der Waals surface area contributed by atoms with Gasteiger partial charge in [0.1, 0.15) is 0 Å². The van der Waals surface area contributed by atoms with E-state index in [1.807, 2.05) is 0 Å². The van der Waals surface area contributed by atoms with Crippen molar-refractivity contribution in [3.63, 3.8) is 0 Å². The largest absolute Gasteiger partial charge is 0.0999 e. The fraction of sp³-hybridized carbons (Fsp3) is 0.733. The van der Waals surface area contributed by atoms with E-state index in [-0.39, 0.29) is 0 Å². The van der Waals surface area contributed by atoms with E-state index in [9.17, 15) is 0 Å². The highest BCUT2D eigenvalue weighted by Crippen LogP contribution is 2.52. The summed E-state index contributed by atoms with van der Waals surface area (Å²) in [6, 6.07) is 0. The predicted molar refractivity (Wildman–Crippen MR) is 66.7 cm³/mol. The van der Waals surface area contributed by atoms with E-state index in [1.165, 1.54) is 37.7 Å². The van der Waals surface area contributed by atoms with Crippen molar-refractivity contribution < 1.29 is 0 Å². The Labute approximate surface area is 94.5 Å². The van der Waals surface area contributed by atoms with Crippen LogP contribution in [0.25, 0.3) is 0 Å². The summed E-state index contributed by atoms with van der Waals surface area (Å²) < 4.78 is 0. The van der Waals surface area contributed by atoms with Gasteiger partial charge in [-0.2, -0.15) is 0 Å². The molecule has 0 radical (unpaired) electrons. The van der Waals surface area contributed by atoms with Crippen LogP contribution >= 0.6 is 0 Å². The van der Waals surface area contributed by atoms with E-state index in [4.69, 9.17) is 0 Å². The van der Waals surface area contributed by atoms with Crippen molar-refractivity contribution in [3.05, 3.63) is 23.8 Å². The maximum Gasteiger partial charge on any atom is -0.0146 e. The van der Waals surface area contributed by atoms with Gasteiger partial charge in [-0.1, -0.05) is 30.7 Å². The SMILES string of the molecule is C=C(C)C1CC[C@@]2(C)CCC=C(C)C2C1. The Morgan fingerprint density at radius 1 is 1.47 bits per heavy atom. The predicted octanol–water partition coefficient (Wildman–Crippen LogP) is 4.73. The Morgan fingerprint density at radius 2 is 2.20 bits per heavy atom. The molecule has 2 rings (SSSR count). The smallest absolute Gasteiger partial charge is 0.0146 e. The van der Waals surface area contributed by atoms with Gasteiger partial charge in [0.25, 0.3) is 0 Å². The molecule has 0 saturated heterocycles. The number of allylic oxidation sites excluding steroid dienone is 3. The highest BCUT2D eigenvalue weighted by molar-refractivity contribution is 5.16. The van der Waals surface area contributed by atoms with E-state index >= 15 is 0 Å². The van der Waals surface area contributed by atoms with Crippen LogP contribution in [0.1, 0.15) is 52.9 Å². The molecule has 2 aliphatic carbocycles. The molecular weight excluding hydrogens is 180 g/mol. The first-order valence-corrected chi connectivity index (χ1v) is 6.35. The Balaban J connectivity index is 2.19. The Hall–Kier alpha value is -0.520.